The van der Waals surface area contributed by atoms with Gasteiger partial charge in [0.2, 0.25) is 0 Å². The second kappa shape index (κ2) is 4.81. The summed E-state index contributed by atoms with van der Waals surface area (Å²) in [7, 11) is 0. The van der Waals surface area contributed by atoms with Crippen molar-refractivity contribution in [2.24, 2.45) is 0 Å². The highest BCUT2D eigenvalue weighted by atomic mass is 127. The van der Waals surface area contributed by atoms with E-state index in [-0.39, 0.29) is 14.7 Å². The molecule has 0 saturated carbocycles. The summed E-state index contributed by atoms with van der Waals surface area (Å²) in [6, 6.07) is 1.87. The van der Waals surface area contributed by atoms with Crippen LogP contribution < -0.4 is 0 Å². The van der Waals surface area contributed by atoms with Crippen molar-refractivity contribution in [2.75, 3.05) is 0 Å². The molecule has 1 aromatic rings. The molecule has 4 nitrogen and oxygen atoms in total. The van der Waals surface area contributed by atoms with Crippen LogP contribution in [0.4, 0.5) is 14.5 Å². The lowest BCUT2D eigenvalue weighted by molar-refractivity contribution is -0.385. The van der Waals surface area contributed by atoms with Crippen molar-refractivity contribution in [2.45, 2.75) is 13.3 Å². The van der Waals surface area contributed by atoms with Crippen molar-refractivity contribution in [3.63, 3.8) is 0 Å². The van der Waals surface area contributed by atoms with Gasteiger partial charge in [0.05, 0.1) is 10.5 Å². The number of hydrogen-bond donors (Lipinski definition) is 0. The Kier molecular flexibility index (Phi) is 3.89. The number of benzene rings is 1. The summed E-state index contributed by atoms with van der Waals surface area (Å²) in [6.45, 7) is 1.10. The average Bonchev–Trinajstić information content (AvgIpc) is 2.15. The Balaban J connectivity index is 3.49. The molecule has 0 fully saturated rings. The molecule has 0 aromatic heterocycles. The van der Waals surface area contributed by atoms with Crippen molar-refractivity contribution in [1.29, 1.82) is 0 Å². The van der Waals surface area contributed by atoms with E-state index >= 15 is 0 Å². The van der Waals surface area contributed by atoms with E-state index in [0.717, 1.165) is 19.1 Å². The van der Waals surface area contributed by atoms with Crippen LogP contribution in [-0.2, 0) is 0 Å². The van der Waals surface area contributed by atoms with Crippen LogP contribution in [0.5, 0.6) is 0 Å². The molecule has 0 radical (unpaired) electrons. The van der Waals surface area contributed by atoms with E-state index in [1.165, 1.54) is 0 Å². The maximum atomic E-state index is 12.5. The summed E-state index contributed by atoms with van der Waals surface area (Å²) < 4.78 is 25.1. The van der Waals surface area contributed by atoms with Gasteiger partial charge in [0.25, 0.3) is 12.1 Å². The molecule has 1 aromatic carbocycles. The van der Waals surface area contributed by atoms with Crippen LogP contribution in [0.2, 0.25) is 0 Å². The number of rotatable bonds is 3. The van der Waals surface area contributed by atoms with Crippen LogP contribution in [0.15, 0.2) is 12.1 Å². The summed E-state index contributed by atoms with van der Waals surface area (Å²) >= 11 is 1.58. The molecule has 0 bridgehead atoms. The first kappa shape index (κ1) is 12.9. The predicted molar refractivity (Wildman–Crippen MR) is 60.8 cm³/mol. The van der Waals surface area contributed by atoms with Crippen LogP contribution in [0.1, 0.15) is 29.3 Å². The standard InChI is InChI=1S/C9H6F2INO3/c1-4(14)5-2-6(9(10)11)7(12)3-8(5)13(15)16/h2-3,9H,1H3. The Hall–Kier alpha value is -1.12. The molecule has 0 unspecified atom stereocenters. The van der Waals surface area contributed by atoms with Gasteiger partial charge in [-0.2, -0.15) is 0 Å². The molecule has 0 N–H and O–H groups in total. The number of halogens is 3. The highest BCUT2D eigenvalue weighted by Gasteiger charge is 2.23. The summed E-state index contributed by atoms with van der Waals surface area (Å²) in [4.78, 5) is 21.0. The van der Waals surface area contributed by atoms with E-state index in [9.17, 15) is 23.7 Å². The van der Waals surface area contributed by atoms with Gasteiger partial charge in [-0.25, -0.2) is 8.78 Å². The summed E-state index contributed by atoms with van der Waals surface area (Å²) in [6.07, 6.45) is -2.76. The molecule has 16 heavy (non-hydrogen) atoms. The molecule has 0 saturated heterocycles. The quantitative estimate of drug-likeness (QED) is 0.367. The highest BCUT2D eigenvalue weighted by Crippen LogP contribution is 2.31. The molecule has 7 heteroatoms. The van der Waals surface area contributed by atoms with Crippen LogP contribution in [0.25, 0.3) is 0 Å². The normalized spacial score (nSPS) is 10.6. The number of nitro groups is 1. The molecule has 0 aliphatic carbocycles. The minimum atomic E-state index is -2.76. The fraction of sp³-hybridized carbons (Fsp3) is 0.222. The van der Waals surface area contributed by atoms with E-state index < -0.39 is 22.8 Å². The van der Waals surface area contributed by atoms with Gasteiger partial charge in [0.1, 0.15) is 0 Å². The Morgan fingerprint density at radius 1 is 1.50 bits per heavy atom. The maximum absolute atomic E-state index is 12.5. The largest absolute Gasteiger partial charge is 0.294 e. The zero-order valence-electron chi connectivity index (χ0n) is 8.04. The Bertz CT molecular complexity index is 462. The monoisotopic (exact) mass is 341 g/mol. The third-order valence-electron chi connectivity index (χ3n) is 1.93. The summed E-state index contributed by atoms with van der Waals surface area (Å²) in [5.74, 6) is -0.606. The minimum Gasteiger partial charge on any atom is -0.294 e. The van der Waals surface area contributed by atoms with Gasteiger partial charge in [-0.3, -0.25) is 14.9 Å². The number of Topliss-reactive ketones (excluding diaryl/α,β-unsaturated/α-hetero) is 1. The average molecular weight is 341 g/mol. The van der Waals surface area contributed by atoms with Gasteiger partial charge in [-0.05, 0) is 35.6 Å². The van der Waals surface area contributed by atoms with Crippen molar-refractivity contribution >= 4 is 34.1 Å². The Morgan fingerprint density at radius 2 is 2.06 bits per heavy atom. The van der Waals surface area contributed by atoms with E-state index in [2.05, 4.69) is 0 Å². The van der Waals surface area contributed by atoms with Crippen molar-refractivity contribution in [3.05, 3.63) is 36.9 Å². The minimum absolute atomic E-state index is 0.0734. The van der Waals surface area contributed by atoms with Gasteiger partial charge in [0, 0.05) is 15.2 Å². The van der Waals surface area contributed by atoms with Crippen LogP contribution in [-0.4, -0.2) is 10.7 Å². The summed E-state index contributed by atoms with van der Waals surface area (Å²) in [5, 5.41) is 10.6. The van der Waals surface area contributed by atoms with Gasteiger partial charge in [0.15, 0.2) is 5.78 Å². The van der Waals surface area contributed by atoms with Crippen LogP contribution >= 0.6 is 22.6 Å². The molecule has 0 aliphatic heterocycles. The summed E-state index contributed by atoms with van der Waals surface area (Å²) in [5.41, 5.74) is -1.10. The van der Waals surface area contributed by atoms with Crippen molar-refractivity contribution in [3.8, 4) is 0 Å². The third kappa shape index (κ3) is 2.52. The maximum Gasteiger partial charge on any atom is 0.281 e. The van der Waals surface area contributed by atoms with Crippen LogP contribution in [0.3, 0.4) is 0 Å². The number of ketones is 1. The predicted octanol–water partition coefficient (Wildman–Crippen LogP) is 3.34. The molecular formula is C9H6F2INO3. The number of carbonyl (C=O) groups is 1. The van der Waals surface area contributed by atoms with Gasteiger partial charge in [-0.15, -0.1) is 0 Å². The number of carbonyl (C=O) groups excluding carboxylic acids is 1. The highest BCUT2D eigenvalue weighted by molar-refractivity contribution is 14.1. The lowest BCUT2D eigenvalue weighted by atomic mass is 10.1. The molecule has 0 amide bonds. The zero-order valence-corrected chi connectivity index (χ0v) is 10.2. The second-order valence-corrected chi connectivity index (χ2v) is 4.17. The van der Waals surface area contributed by atoms with E-state index in [4.69, 9.17) is 0 Å². The lowest BCUT2D eigenvalue weighted by Crippen LogP contribution is -2.03. The topological polar surface area (TPSA) is 60.2 Å². The van der Waals surface area contributed by atoms with Crippen LogP contribution in [0, 0.1) is 13.7 Å². The van der Waals surface area contributed by atoms with E-state index in [0.29, 0.717) is 0 Å². The van der Waals surface area contributed by atoms with Gasteiger partial charge < -0.3 is 0 Å². The van der Waals surface area contributed by atoms with Gasteiger partial charge >= 0.3 is 0 Å². The number of nitrogens with zero attached hydrogens (tertiary/aromatic N) is 1. The SMILES string of the molecule is CC(=O)c1cc(C(F)F)c(I)cc1[N+](=O)[O-]. The Morgan fingerprint density at radius 3 is 2.44 bits per heavy atom. The third-order valence-corrected chi connectivity index (χ3v) is 2.86. The molecule has 0 heterocycles. The molecular weight excluding hydrogens is 335 g/mol. The fourth-order valence-electron chi connectivity index (χ4n) is 1.18. The zero-order chi connectivity index (χ0) is 12.5. The number of nitro benzene ring substituents is 1. The molecule has 0 spiro atoms. The molecule has 1 rings (SSSR count). The Labute approximate surface area is 103 Å². The first-order valence-corrected chi connectivity index (χ1v) is 5.19. The first-order valence-electron chi connectivity index (χ1n) is 4.11. The van der Waals surface area contributed by atoms with Crippen molar-refractivity contribution < 1.29 is 18.5 Å². The number of alkyl halides is 2. The fourth-order valence-corrected chi connectivity index (χ4v) is 1.87. The van der Waals surface area contributed by atoms with Crippen molar-refractivity contribution in [1.82, 2.24) is 0 Å². The molecule has 0 atom stereocenters. The van der Waals surface area contributed by atoms with Gasteiger partial charge in [-0.1, -0.05) is 0 Å². The number of hydrogen-bond acceptors (Lipinski definition) is 3. The van der Waals surface area contributed by atoms with E-state index in [1.54, 1.807) is 22.6 Å². The lowest BCUT2D eigenvalue weighted by Gasteiger charge is -2.06. The molecule has 0 aliphatic rings. The smallest absolute Gasteiger partial charge is 0.281 e. The first-order chi connectivity index (χ1) is 7.34. The second-order valence-electron chi connectivity index (χ2n) is 3.00. The van der Waals surface area contributed by atoms with E-state index in [1.807, 2.05) is 0 Å². The molecule has 86 valence electrons.